The maximum absolute atomic E-state index is 12.7. The van der Waals surface area contributed by atoms with Crippen LogP contribution < -0.4 is 15.0 Å². The summed E-state index contributed by atoms with van der Waals surface area (Å²) in [5.74, 6) is -2.22. The van der Waals surface area contributed by atoms with Crippen molar-refractivity contribution in [3.8, 4) is 5.75 Å². The zero-order valence-electron chi connectivity index (χ0n) is 15.8. The lowest BCUT2D eigenvalue weighted by molar-refractivity contribution is -0.143. The average Bonchev–Trinajstić information content (AvgIpc) is 2.63. The molecule has 2 rings (SSSR count). The molecule has 8 heteroatoms. The predicted molar refractivity (Wildman–Crippen MR) is 97.9 cm³/mol. The van der Waals surface area contributed by atoms with Gasteiger partial charge < -0.3 is 15.2 Å². The van der Waals surface area contributed by atoms with Crippen molar-refractivity contribution < 1.29 is 29.0 Å². The van der Waals surface area contributed by atoms with Gasteiger partial charge in [0.15, 0.2) is 12.4 Å². The second-order valence-corrected chi connectivity index (χ2v) is 6.68. The third-order valence-corrected chi connectivity index (χ3v) is 4.79. The van der Waals surface area contributed by atoms with E-state index >= 15 is 0 Å². The highest BCUT2D eigenvalue weighted by Crippen LogP contribution is 2.34. The molecule has 0 aliphatic carbocycles. The molecule has 0 fully saturated rings. The van der Waals surface area contributed by atoms with Crippen LogP contribution in [0.4, 0.5) is 5.69 Å². The molecule has 0 radical (unpaired) electrons. The number of carboxylic acid groups (broad SMARTS) is 1. The Morgan fingerprint density at radius 1 is 1.30 bits per heavy atom. The van der Waals surface area contributed by atoms with Crippen molar-refractivity contribution >= 4 is 29.3 Å². The number of ether oxygens (including phenoxy) is 1. The van der Waals surface area contributed by atoms with E-state index in [0.717, 1.165) is 0 Å². The van der Waals surface area contributed by atoms with Crippen LogP contribution in [0.5, 0.6) is 5.75 Å². The van der Waals surface area contributed by atoms with Gasteiger partial charge in [-0.25, -0.2) is 4.79 Å². The van der Waals surface area contributed by atoms with Gasteiger partial charge in [-0.2, -0.15) is 0 Å². The molecular weight excluding hydrogens is 352 g/mol. The Balaban J connectivity index is 2.32. The quantitative estimate of drug-likeness (QED) is 0.699. The largest absolute Gasteiger partial charge is 0.482 e. The van der Waals surface area contributed by atoms with Crippen LogP contribution in [0.1, 0.15) is 44.5 Å². The fourth-order valence-electron chi connectivity index (χ4n) is 2.89. The van der Waals surface area contributed by atoms with E-state index in [0.29, 0.717) is 23.4 Å². The normalized spacial score (nSPS) is 16.6. The summed E-state index contributed by atoms with van der Waals surface area (Å²) < 4.78 is 5.38. The van der Waals surface area contributed by atoms with E-state index in [9.17, 15) is 24.3 Å². The van der Waals surface area contributed by atoms with Gasteiger partial charge in [-0.3, -0.25) is 19.3 Å². The molecule has 0 aromatic heterocycles. The van der Waals surface area contributed by atoms with Gasteiger partial charge >= 0.3 is 5.97 Å². The van der Waals surface area contributed by atoms with Crippen molar-refractivity contribution in [2.45, 2.75) is 46.2 Å². The molecule has 1 aromatic carbocycles. The molecule has 1 aliphatic heterocycles. The molecule has 27 heavy (non-hydrogen) atoms. The van der Waals surface area contributed by atoms with E-state index in [1.807, 2.05) is 6.92 Å². The van der Waals surface area contributed by atoms with Gasteiger partial charge in [0, 0.05) is 5.56 Å². The number of aliphatic carboxylic acids is 1. The number of carbonyl (C=O) groups is 4. The number of nitrogens with one attached hydrogen (secondary N) is 1. The molecule has 3 atom stereocenters. The first-order chi connectivity index (χ1) is 12.7. The number of benzene rings is 1. The minimum absolute atomic E-state index is 0.185. The predicted octanol–water partition coefficient (Wildman–Crippen LogP) is 1.62. The van der Waals surface area contributed by atoms with Crippen molar-refractivity contribution in [1.29, 1.82) is 0 Å². The molecular formula is C19H24N2O6. The van der Waals surface area contributed by atoms with E-state index in [4.69, 9.17) is 4.74 Å². The summed E-state index contributed by atoms with van der Waals surface area (Å²) in [4.78, 5) is 49.5. The first kappa shape index (κ1) is 20.4. The average molecular weight is 376 g/mol. The summed E-state index contributed by atoms with van der Waals surface area (Å²) in [5, 5.41) is 11.9. The van der Waals surface area contributed by atoms with Crippen LogP contribution in [0.25, 0.3) is 0 Å². The van der Waals surface area contributed by atoms with Crippen LogP contribution >= 0.6 is 0 Å². The summed E-state index contributed by atoms with van der Waals surface area (Å²) in [6, 6.07) is 2.65. The van der Waals surface area contributed by atoms with Crippen LogP contribution in [0.2, 0.25) is 0 Å². The van der Waals surface area contributed by atoms with Crippen LogP contribution in [-0.2, 0) is 14.4 Å². The SMILES string of the molecule is CCC(C)C(NC(=O)C(C)N1C(=O)COc2ccc(C(C)=O)cc21)C(=O)O. The van der Waals surface area contributed by atoms with Gasteiger partial charge in [0.05, 0.1) is 5.69 Å². The topological polar surface area (TPSA) is 113 Å². The van der Waals surface area contributed by atoms with Crippen LogP contribution in [0.3, 0.4) is 0 Å². The second-order valence-electron chi connectivity index (χ2n) is 6.68. The van der Waals surface area contributed by atoms with Gasteiger partial charge in [0.1, 0.15) is 17.8 Å². The summed E-state index contributed by atoms with van der Waals surface area (Å²) in [5.41, 5.74) is 0.699. The van der Waals surface area contributed by atoms with Gasteiger partial charge in [0.2, 0.25) is 5.91 Å². The van der Waals surface area contributed by atoms with Crippen molar-refractivity contribution in [1.82, 2.24) is 5.32 Å². The van der Waals surface area contributed by atoms with Crippen LogP contribution in [0.15, 0.2) is 18.2 Å². The van der Waals surface area contributed by atoms with Crippen molar-refractivity contribution in [2.24, 2.45) is 5.92 Å². The van der Waals surface area contributed by atoms with Crippen molar-refractivity contribution in [3.63, 3.8) is 0 Å². The molecule has 1 aromatic rings. The number of nitrogens with zero attached hydrogens (tertiary/aromatic N) is 1. The number of Topliss-reactive ketones (excluding diaryl/α,β-unsaturated/α-hetero) is 1. The minimum Gasteiger partial charge on any atom is -0.482 e. The molecule has 0 spiro atoms. The third kappa shape index (κ3) is 4.27. The van der Waals surface area contributed by atoms with E-state index in [1.165, 1.54) is 24.8 Å². The van der Waals surface area contributed by atoms with E-state index in [1.54, 1.807) is 19.1 Å². The molecule has 0 saturated heterocycles. The Morgan fingerprint density at radius 3 is 2.52 bits per heavy atom. The van der Waals surface area contributed by atoms with Gasteiger partial charge in [-0.15, -0.1) is 0 Å². The van der Waals surface area contributed by atoms with Gasteiger partial charge in [0.25, 0.3) is 5.91 Å². The summed E-state index contributed by atoms with van der Waals surface area (Å²) in [6.07, 6.45) is 0.576. The molecule has 0 bridgehead atoms. The molecule has 0 saturated carbocycles. The number of hydrogen-bond acceptors (Lipinski definition) is 5. The first-order valence-corrected chi connectivity index (χ1v) is 8.80. The smallest absolute Gasteiger partial charge is 0.326 e. The van der Waals surface area contributed by atoms with Gasteiger partial charge in [-0.05, 0) is 38.0 Å². The number of fused-ring (bicyclic) bond motifs is 1. The lowest BCUT2D eigenvalue weighted by atomic mass is 9.99. The molecule has 3 unspecified atom stereocenters. The van der Waals surface area contributed by atoms with Crippen LogP contribution in [0, 0.1) is 5.92 Å². The van der Waals surface area contributed by atoms with E-state index < -0.39 is 29.9 Å². The van der Waals surface area contributed by atoms with Crippen molar-refractivity contribution in [3.05, 3.63) is 23.8 Å². The number of rotatable bonds is 7. The van der Waals surface area contributed by atoms with Crippen molar-refractivity contribution in [2.75, 3.05) is 11.5 Å². The van der Waals surface area contributed by atoms with Crippen LogP contribution in [-0.4, -0.2) is 47.4 Å². The monoisotopic (exact) mass is 376 g/mol. The Kier molecular flexibility index (Phi) is 6.20. The molecule has 146 valence electrons. The highest BCUT2D eigenvalue weighted by molar-refractivity contribution is 6.05. The number of carboxylic acids is 1. The minimum atomic E-state index is -1.13. The lowest BCUT2D eigenvalue weighted by Gasteiger charge is -2.34. The summed E-state index contributed by atoms with van der Waals surface area (Å²) >= 11 is 0. The summed E-state index contributed by atoms with van der Waals surface area (Å²) in [6.45, 7) is 6.24. The number of ketones is 1. The molecule has 8 nitrogen and oxygen atoms in total. The Morgan fingerprint density at radius 2 is 1.96 bits per heavy atom. The maximum Gasteiger partial charge on any atom is 0.326 e. The third-order valence-electron chi connectivity index (χ3n) is 4.79. The molecule has 1 heterocycles. The highest BCUT2D eigenvalue weighted by Gasteiger charge is 2.35. The standard InChI is InChI=1S/C19H24N2O6/c1-5-10(2)17(19(25)26)20-18(24)11(3)21-14-8-13(12(4)22)6-7-15(14)27-9-16(21)23/h6-8,10-11,17H,5,9H2,1-4H3,(H,20,24)(H,25,26). The zero-order chi connectivity index (χ0) is 20.3. The number of carbonyl (C=O) groups excluding carboxylic acids is 3. The number of anilines is 1. The number of amides is 2. The lowest BCUT2D eigenvalue weighted by Crippen LogP contribution is -2.55. The van der Waals surface area contributed by atoms with E-state index in [2.05, 4.69) is 5.32 Å². The Labute approximate surface area is 157 Å². The fourth-order valence-corrected chi connectivity index (χ4v) is 2.89. The molecule has 1 aliphatic rings. The van der Waals surface area contributed by atoms with E-state index in [-0.39, 0.29) is 18.3 Å². The fraction of sp³-hybridized carbons (Fsp3) is 0.474. The Hall–Kier alpha value is -2.90. The first-order valence-electron chi connectivity index (χ1n) is 8.80. The second kappa shape index (κ2) is 8.20. The molecule has 2 amide bonds. The number of hydrogen-bond donors (Lipinski definition) is 2. The highest BCUT2D eigenvalue weighted by atomic mass is 16.5. The zero-order valence-corrected chi connectivity index (χ0v) is 15.8. The Bertz CT molecular complexity index is 775. The summed E-state index contributed by atoms with van der Waals surface area (Å²) in [7, 11) is 0. The molecule has 2 N–H and O–H groups in total. The van der Waals surface area contributed by atoms with Gasteiger partial charge in [-0.1, -0.05) is 20.3 Å². The maximum atomic E-state index is 12.7.